The molecule has 0 radical (unpaired) electrons. The molecule has 74 valence electrons. The second-order valence-electron chi connectivity index (χ2n) is 2.30. The van der Waals surface area contributed by atoms with Crippen LogP contribution in [0.4, 0.5) is 0 Å². The molecular weight excluding hydrogens is 193 g/mol. The van der Waals surface area contributed by atoms with Crippen LogP contribution in [0.15, 0.2) is 0 Å². The van der Waals surface area contributed by atoms with Gasteiger partial charge in [-0.15, -0.1) is 9.24 Å². The summed E-state index contributed by atoms with van der Waals surface area (Å²) in [5, 5.41) is 10.5. The van der Waals surface area contributed by atoms with Gasteiger partial charge in [0.15, 0.2) is 5.78 Å². The maximum Gasteiger partial charge on any atom is 0.303 e. The van der Waals surface area contributed by atoms with E-state index in [0.717, 1.165) is 0 Å². The average Bonchev–Trinajstić information content (AvgIpc) is 2.10. The van der Waals surface area contributed by atoms with Crippen molar-refractivity contribution in [2.75, 3.05) is 12.7 Å². The molecule has 2 atom stereocenters. The summed E-state index contributed by atoms with van der Waals surface area (Å²) in [4.78, 5) is 31.8. The first kappa shape index (κ1) is 10.1. The van der Waals surface area contributed by atoms with Crippen LogP contribution in [0.25, 0.3) is 0 Å². The SMILES string of the molecule is [3H]C(P)C(=O)CNC(=O)CCC(=O)O. The number of aliphatic carboxylic acids is 1. The number of Topliss-reactive ketones (excluding diaryl/α,β-unsaturated/α-hetero) is 1. The van der Waals surface area contributed by atoms with Crippen molar-refractivity contribution in [2.24, 2.45) is 0 Å². The van der Waals surface area contributed by atoms with Crippen LogP contribution in [0, 0.1) is 0 Å². The number of carboxylic acids is 1. The van der Waals surface area contributed by atoms with Crippen LogP contribution >= 0.6 is 9.24 Å². The average molecular weight is 207 g/mol. The number of carbonyl (C=O) groups excluding carboxylic acids is 2. The maximum absolute atomic E-state index is 10.9. The first-order valence-electron chi connectivity index (χ1n) is 4.20. The fraction of sp³-hybridized carbons (Fsp3) is 0.571. The molecule has 0 saturated heterocycles. The molecule has 2 N–H and O–H groups in total. The summed E-state index contributed by atoms with van der Waals surface area (Å²) in [6.07, 6.45) is -1.36. The minimum absolute atomic E-state index is 0.151. The van der Waals surface area contributed by atoms with Gasteiger partial charge in [0, 0.05) is 13.9 Å². The molecule has 0 rings (SSSR count). The summed E-state index contributed by atoms with van der Waals surface area (Å²) in [7, 11) is 1.99. The van der Waals surface area contributed by atoms with Crippen LogP contribution in [0.3, 0.4) is 0 Å². The Labute approximate surface area is 79.5 Å². The van der Waals surface area contributed by atoms with Crippen molar-refractivity contribution in [3.63, 3.8) is 0 Å². The molecule has 0 aromatic rings. The Morgan fingerprint density at radius 2 is 2.00 bits per heavy atom. The molecule has 0 heterocycles. The number of carbonyl (C=O) groups is 3. The van der Waals surface area contributed by atoms with Crippen LogP contribution in [0.2, 0.25) is 0 Å². The Balaban J connectivity index is 3.64. The first-order chi connectivity index (χ1) is 6.43. The molecule has 0 aliphatic carbocycles. The zero-order chi connectivity index (χ0) is 11.1. The van der Waals surface area contributed by atoms with Crippen molar-refractivity contribution in [3.05, 3.63) is 0 Å². The second-order valence-corrected chi connectivity index (χ2v) is 2.64. The molecular formula is C7H12NO4P. The van der Waals surface area contributed by atoms with Crippen molar-refractivity contribution < 1.29 is 20.9 Å². The predicted octanol–water partition coefficient (Wildman–Crippen LogP) is -0.588. The predicted molar refractivity (Wildman–Crippen MR) is 49.5 cm³/mol. The summed E-state index contributed by atoms with van der Waals surface area (Å²) in [6, 6.07) is 0. The largest absolute Gasteiger partial charge is 0.481 e. The summed E-state index contributed by atoms with van der Waals surface area (Å²) in [5.74, 6) is -1.99. The second kappa shape index (κ2) is 6.54. The van der Waals surface area contributed by atoms with E-state index in [9.17, 15) is 14.4 Å². The highest BCUT2D eigenvalue weighted by Crippen LogP contribution is 1.88. The molecule has 2 unspecified atom stereocenters. The van der Waals surface area contributed by atoms with Gasteiger partial charge in [0.05, 0.1) is 13.0 Å². The molecule has 5 nitrogen and oxygen atoms in total. The normalized spacial score (nSPS) is 12.8. The molecule has 13 heavy (non-hydrogen) atoms. The topological polar surface area (TPSA) is 83.5 Å². The molecule has 0 spiro atoms. The van der Waals surface area contributed by atoms with Gasteiger partial charge in [-0.1, -0.05) is 0 Å². The van der Waals surface area contributed by atoms with E-state index in [1.54, 1.807) is 0 Å². The molecule has 0 aliphatic rings. The highest BCUT2D eigenvalue weighted by atomic mass is 31.0. The third-order valence-corrected chi connectivity index (χ3v) is 1.58. The van der Waals surface area contributed by atoms with E-state index in [4.69, 9.17) is 6.48 Å². The van der Waals surface area contributed by atoms with E-state index in [2.05, 4.69) is 5.32 Å². The number of carboxylic acid groups (broad SMARTS) is 1. The number of hydrogen-bond donors (Lipinski definition) is 2. The van der Waals surface area contributed by atoms with E-state index in [-0.39, 0.29) is 19.4 Å². The minimum Gasteiger partial charge on any atom is -0.481 e. The van der Waals surface area contributed by atoms with E-state index in [1.165, 1.54) is 0 Å². The molecule has 0 bridgehead atoms. The van der Waals surface area contributed by atoms with Gasteiger partial charge >= 0.3 is 5.97 Å². The summed E-state index contributed by atoms with van der Waals surface area (Å²) in [6.45, 7) is -0.226. The zero-order valence-electron chi connectivity index (χ0n) is 7.95. The van der Waals surface area contributed by atoms with E-state index < -0.39 is 23.8 Å². The Morgan fingerprint density at radius 3 is 2.46 bits per heavy atom. The standard InChI is InChI=1S/C7H12NO4P/c9-5(4-13)3-8-6(10)1-2-7(11)12/h1-4,13H2,(H,8,10)(H,11,12)/i4T. The van der Waals surface area contributed by atoms with Gasteiger partial charge in [-0.25, -0.2) is 0 Å². The van der Waals surface area contributed by atoms with Crippen LogP contribution in [-0.4, -0.2) is 35.4 Å². The van der Waals surface area contributed by atoms with Gasteiger partial charge < -0.3 is 10.4 Å². The lowest BCUT2D eigenvalue weighted by molar-refractivity contribution is -0.138. The molecule has 1 amide bonds. The van der Waals surface area contributed by atoms with E-state index >= 15 is 0 Å². The monoisotopic (exact) mass is 207 g/mol. The summed E-state index contributed by atoms with van der Waals surface area (Å²) in [5.41, 5.74) is 0. The third kappa shape index (κ3) is 7.40. The lowest BCUT2D eigenvalue weighted by atomic mass is 10.3. The fourth-order valence-electron chi connectivity index (χ4n) is 0.553. The lowest BCUT2D eigenvalue weighted by Crippen LogP contribution is -2.30. The Kier molecular flexibility index (Phi) is 5.10. The van der Waals surface area contributed by atoms with Gasteiger partial charge in [0.25, 0.3) is 0 Å². The molecule has 0 saturated carbocycles. The van der Waals surface area contributed by atoms with Crippen LogP contribution < -0.4 is 5.32 Å². The number of nitrogens with one attached hydrogen (secondary N) is 1. The molecule has 0 aromatic heterocycles. The molecule has 0 fully saturated rings. The number of rotatable bonds is 6. The van der Waals surface area contributed by atoms with Crippen molar-refractivity contribution >= 4 is 26.9 Å². The smallest absolute Gasteiger partial charge is 0.303 e. The first-order valence-corrected chi connectivity index (χ1v) is 4.29. The highest BCUT2D eigenvalue weighted by molar-refractivity contribution is 7.18. The number of amides is 1. The summed E-state index contributed by atoms with van der Waals surface area (Å²) >= 11 is 0. The quantitative estimate of drug-likeness (QED) is 0.570. The van der Waals surface area contributed by atoms with Gasteiger partial charge in [0.2, 0.25) is 5.91 Å². The number of ketones is 1. The third-order valence-electron chi connectivity index (χ3n) is 1.21. The Bertz CT molecular complexity index is 244. The van der Waals surface area contributed by atoms with Gasteiger partial charge in [0.1, 0.15) is 0 Å². The fourth-order valence-corrected chi connectivity index (χ4v) is 0.671. The van der Waals surface area contributed by atoms with E-state index in [0.29, 0.717) is 0 Å². The number of hydrogen-bond acceptors (Lipinski definition) is 3. The van der Waals surface area contributed by atoms with Gasteiger partial charge in [-0.2, -0.15) is 0 Å². The Morgan fingerprint density at radius 1 is 1.38 bits per heavy atom. The van der Waals surface area contributed by atoms with Gasteiger partial charge in [-0.05, 0) is 0 Å². The van der Waals surface area contributed by atoms with Crippen molar-refractivity contribution in [3.8, 4) is 0 Å². The van der Waals surface area contributed by atoms with Crippen LogP contribution in [0.1, 0.15) is 14.2 Å². The maximum atomic E-state index is 10.9. The highest BCUT2D eigenvalue weighted by Gasteiger charge is 2.06. The molecule has 0 aromatic carbocycles. The zero-order valence-corrected chi connectivity index (χ0v) is 8.10. The van der Waals surface area contributed by atoms with Gasteiger partial charge in [-0.3, -0.25) is 14.4 Å². The van der Waals surface area contributed by atoms with Crippen molar-refractivity contribution in [1.82, 2.24) is 5.32 Å². The van der Waals surface area contributed by atoms with Crippen molar-refractivity contribution in [1.29, 1.82) is 0 Å². The lowest BCUT2D eigenvalue weighted by Gasteiger charge is -2.01. The van der Waals surface area contributed by atoms with E-state index in [1.807, 2.05) is 9.24 Å². The molecule has 6 heteroatoms. The summed E-state index contributed by atoms with van der Waals surface area (Å²) < 4.78 is 6.97. The van der Waals surface area contributed by atoms with Crippen molar-refractivity contribution in [2.45, 2.75) is 12.8 Å². The Hall–Kier alpha value is -0.960. The van der Waals surface area contributed by atoms with Crippen LogP contribution in [0.5, 0.6) is 0 Å². The minimum atomic E-state index is -1.06. The molecule has 0 aliphatic heterocycles. The van der Waals surface area contributed by atoms with Crippen LogP contribution in [-0.2, 0) is 14.4 Å².